The number of aromatic nitrogens is 1. The lowest BCUT2D eigenvalue weighted by Gasteiger charge is -2.10. The van der Waals surface area contributed by atoms with Gasteiger partial charge >= 0.3 is 5.97 Å². The smallest absolute Gasteiger partial charge is 0.341 e. The fourth-order valence-corrected chi connectivity index (χ4v) is 1.10. The molecule has 0 atom stereocenters. The maximum absolute atomic E-state index is 10.3. The van der Waals surface area contributed by atoms with Gasteiger partial charge in [-0.1, -0.05) is 13.8 Å². The average Bonchev–Trinajstić information content (AvgIpc) is 2.15. The summed E-state index contributed by atoms with van der Waals surface area (Å²) in [4.78, 5) is 14.4. The molecule has 0 aliphatic rings. The minimum Gasteiger partial charge on any atom is -0.480 e. The third kappa shape index (κ3) is 2.73. The molecular weight excluding hydrogens is 182 g/mol. The monoisotopic (exact) mass is 195 g/mol. The maximum atomic E-state index is 10.3. The van der Waals surface area contributed by atoms with Crippen molar-refractivity contribution in [2.24, 2.45) is 0 Å². The van der Waals surface area contributed by atoms with Crippen LogP contribution in [0, 0.1) is 0 Å². The van der Waals surface area contributed by atoms with Crippen molar-refractivity contribution in [3.63, 3.8) is 0 Å². The predicted octanol–water partition coefficient (Wildman–Crippen LogP) is 1.67. The maximum Gasteiger partial charge on any atom is 0.341 e. The summed E-state index contributed by atoms with van der Waals surface area (Å²) in [6, 6.07) is 3.45. The fraction of sp³-hybridized carbons (Fsp3) is 0.400. The van der Waals surface area contributed by atoms with Gasteiger partial charge < -0.3 is 9.84 Å². The second kappa shape index (κ2) is 4.60. The molecule has 0 bridgehead atoms. The highest BCUT2D eigenvalue weighted by Gasteiger charge is 2.09. The third-order valence-corrected chi connectivity index (χ3v) is 1.70. The van der Waals surface area contributed by atoms with Gasteiger partial charge in [0.05, 0.1) is 5.69 Å². The number of aliphatic carboxylic acids is 1. The Morgan fingerprint density at radius 1 is 1.64 bits per heavy atom. The summed E-state index contributed by atoms with van der Waals surface area (Å²) in [6.45, 7) is 3.64. The molecule has 1 aromatic rings. The number of carbonyl (C=O) groups is 1. The molecule has 0 aliphatic heterocycles. The lowest BCUT2D eigenvalue weighted by molar-refractivity contribution is -0.139. The largest absolute Gasteiger partial charge is 0.480 e. The number of hydrogen-bond donors (Lipinski definition) is 1. The van der Waals surface area contributed by atoms with E-state index < -0.39 is 5.97 Å². The van der Waals surface area contributed by atoms with Gasteiger partial charge in [0.25, 0.3) is 0 Å². The number of rotatable bonds is 4. The molecule has 0 fully saturated rings. The minimum atomic E-state index is -0.983. The highest BCUT2D eigenvalue weighted by molar-refractivity contribution is 5.68. The van der Waals surface area contributed by atoms with Crippen molar-refractivity contribution in [2.45, 2.75) is 19.8 Å². The fourth-order valence-electron chi connectivity index (χ4n) is 1.10. The number of carboxylic acid groups (broad SMARTS) is 1. The summed E-state index contributed by atoms with van der Waals surface area (Å²) < 4.78 is 5.10. The van der Waals surface area contributed by atoms with Crippen molar-refractivity contribution in [1.29, 1.82) is 0 Å². The van der Waals surface area contributed by atoms with Crippen molar-refractivity contribution >= 4 is 5.97 Å². The predicted molar refractivity (Wildman–Crippen MR) is 51.5 cm³/mol. The molecule has 4 heteroatoms. The zero-order valence-corrected chi connectivity index (χ0v) is 8.23. The van der Waals surface area contributed by atoms with Gasteiger partial charge in [-0.05, 0) is 18.1 Å². The van der Waals surface area contributed by atoms with Gasteiger partial charge in [0.2, 0.25) is 0 Å². The van der Waals surface area contributed by atoms with Crippen LogP contribution < -0.4 is 4.74 Å². The van der Waals surface area contributed by atoms with Crippen LogP contribution in [0.5, 0.6) is 5.75 Å². The molecule has 1 rings (SSSR count). The average molecular weight is 195 g/mol. The zero-order valence-electron chi connectivity index (χ0n) is 8.23. The van der Waals surface area contributed by atoms with Gasteiger partial charge in [0, 0.05) is 6.20 Å². The second-order valence-electron chi connectivity index (χ2n) is 3.22. The molecule has 0 amide bonds. The summed E-state index contributed by atoms with van der Waals surface area (Å²) in [6.07, 6.45) is 1.67. The summed E-state index contributed by atoms with van der Waals surface area (Å²) in [5, 5.41) is 8.46. The number of ether oxygens (including phenoxy) is 1. The standard InChI is InChI=1S/C10H13NO3/c1-7(2)10-8(4-3-5-11-10)14-6-9(12)13/h3-5,7H,6H2,1-2H3,(H,12,13). The molecular formula is C10H13NO3. The van der Waals surface area contributed by atoms with Gasteiger partial charge in [0.15, 0.2) is 6.61 Å². The summed E-state index contributed by atoms with van der Waals surface area (Å²) >= 11 is 0. The van der Waals surface area contributed by atoms with Gasteiger partial charge in [-0.15, -0.1) is 0 Å². The molecule has 4 nitrogen and oxygen atoms in total. The molecule has 0 spiro atoms. The molecule has 0 aromatic carbocycles. The van der Waals surface area contributed by atoms with Crippen LogP contribution in [0.1, 0.15) is 25.5 Å². The van der Waals surface area contributed by atoms with E-state index in [1.54, 1.807) is 18.3 Å². The van der Waals surface area contributed by atoms with Crippen molar-refractivity contribution in [3.8, 4) is 5.75 Å². The van der Waals surface area contributed by atoms with Gasteiger partial charge in [-0.3, -0.25) is 4.98 Å². The van der Waals surface area contributed by atoms with E-state index in [1.807, 2.05) is 13.8 Å². The molecule has 14 heavy (non-hydrogen) atoms. The highest BCUT2D eigenvalue weighted by atomic mass is 16.5. The van der Waals surface area contributed by atoms with Crippen LogP contribution in [0.2, 0.25) is 0 Å². The second-order valence-corrected chi connectivity index (χ2v) is 3.22. The zero-order chi connectivity index (χ0) is 10.6. The van der Waals surface area contributed by atoms with E-state index in [9.17, 15) is 4.79 Å². The molecule has 0 saturated carbocycles. The molecule has 76 valence electrons. The number of hydrogen-bond acceptors (Lipinski definition) is 3. The van der Waals surface area contributed by atoms with Gasteiger partial charge in [0.1, 0.15) is 5.75 Å². The van der Waals surface area contributed by atoms with Crippen LogP contribution >= 0.6 is 0 Å². The Labute approximate surface area is 82.5 Å². The molecule has 1 heterocycles. The summed E-state index contributed by atoms with van der Waals surface area (Å²) in [5.41, 5.74) is 0.786. The van der Waals surface area contributed by atoms with E-state index in [-0.39, 0.29) is 12.5 Å². The Hall–Kier alpha value is -1.58. The molecule has 0 aliphatic carbocycles. The number of nitrogens with zero attached hydrogens (tertiary/aromatic N) is 1. The number of pyridine rings is 1. The molecule has 0 saturated heterocycles. The summed E-state index contributed by atoms with van der Waals surface area (Å²) in [5.74, 6) is -0.214. The SMILES string of the molecule is CC(C)c1ncccc1OCC(=O)O. The van der Waals surface area contributed by atoms with E-state index in [4.69, 9.17) is 9.84 Å². The van der Waals surface area contributed by atoms with Gasteiger partial charge in [-0.2, -0.15) is 0 Å². The highest BCUT2D eigenvalue weighted by Crippen LogP contribution is 2.22. The van der Waals surface area contributed by atoms with E-state index in [0.29, 0.717) is 5.75 Å². The Kier molecular flexibility index (Phi) is 3.45. The van der Waals surface area contributed by atoms with Crippen LogP contribution in [0.4, 0.5) is 0 Å². The normalized spacial score (nSPS) is 10.2. The first-order valence-corrected chi connectivity index (χ1v) is 4.40. The lowest BCUT2D eigenvalue weighted by atomic mass is 10.1. The van der Waals surface area contributed by atoms with Gasteiger partial charge in [-0.25, -0.2) is 4.79 Å². The Morgan fingerprint density at radius 2 is 2.36 bits per heavy atom. The van der Waals surface area contributed by atoms with E-state index >= 15 is 0 Å². The third-order valence-electron chi connectivity index (χ3n) is 1.70. The topological polar surface area (TPSA) is 59.4 Å². The van der Waals surface area contributed by atoms with Crippen molar-refractivity contribution in [1.82, 2.24) is 4.98 Å². The van der Waals surface area contributed by atoms with E-state index in [0.717, 1.165) is 5.69 Å². The first-order chi connectivity index (χ1) is 6.61. The van der Waals surface area contributed by atoms with Crippen LogP contribution in [0.15, 0.2) is 18.3 Å². The first kappa shape index (κ1) is 10.5. The Morgan fingerprint density at radius 3 is 2.93 bits per heavy atom. The quantitative estimate of drug-likeness (QED) is 0.793. The van der Waals surface area contributed by atoms with Crippen molar-refractivity contribution in [2.75, 3.05) is 6.61 Å². The Balaban J connectivity index is 2.79. The van der Waals surface area contributed by atoms with Crippen LogP contribution in [0.3, 0.4) is 0 Å². The first-order valence-electron chi connectivity index (χ1n) is 4.40. The Bertz CT molecular complexity index is 323. The van der Waals surface area contributed by atoms with E-state index in [1.165, 1.54) is 0 Å². The number of carboxylic acids is 1. The molecule has 0 radical (unpaired) electrons. The van der Waals surface area contributed by atoms with Crippen molar-refractivity contribution in [3.05, 3.63) is 24.0 Å². The molecule has 1 N–H and O–H groups in total. The molecule has 1 aromatic heterocycles. The van der Waals surface area contributed by atoms with Crippen LogP contribution in [0.25, 0.3) is 0 Å². The summed E-state index contributed by atoms with van der Waals surface area (Å²) in [7, 11) is 0. The van der Waals surface area contributed by atoms with Crippen LogP contribution in [-0.2, 0) is 4.79 Å². The minimum absolute atomic E-state index is 0.222. The lowest BCUT2D eigenvalue weighted by Crippen LogP contribution is -2.11. The van der Waals surface area contributed by atoms with E-state index in [2.05, 4.69) is 4.98 Å². The molecule has 0 unspecified atom stereocenters. The van der Waals surface area contributed by atoms with Crippen molar-refractivity contribution < 1.29 is 14.6 Å². The van der Waals surface area contributed by atoms with Crippen LogP contribution in [-0.4, -0.2) is 22.7 Å².